The number of allylic oxidation sites excluding steroid dienone is 2. The second-order valence-corrected chi connectivity index (χ2v) is 6.70. The molecule has 0 unspecified atom stereocenters. The van der Waals surface area contributed by atoms with Crippen molar-refractivity contribution in [2.24, 2.45) is 0 Å². The molecule has 1 aliphatic rings. The van der Waals surface area contributed by atoms with Gasteiger partial charge in [-0.25, -0.2) is 4.79 Å². The standard InChI is InChI=1S/C18H12ClN3O3S/c19-11-4-1-9(2-5-11)12-8-26-17(15(12)18(24)25)22-16(23)10-3-6-13(20)14(21)7-10/h1-8,20-21H,(H,22,23)(H,24,25). The van der Waals surface area contributed by atoms with Gasteiger partial charge in [-0.1, -0.05) is 23.7 Å². The van der Waals surface area contributed by atoms with Crippen molar-refractivity contribution in [2.45, 2.75) is 0 Å². The number of carbonyl (C=O) groups is 2. The molecule has 0 atom stereocenters. The fraction of sp³-hybridized carbons (Fsp3) is 0. The van der Waals surface area contributed by atoms with E-state index in [1.165, 1.54) is 18.2 Å². The quantitative estimate of drug-likeness (QED) is 0.590. The number of amides is 1. The summed E-state index contributed by atoms with van der Waals surface area (Å²) in [5, 5.41) is 29.7. The molecule has 3 rings (SSSR count). The van der Waals surface area contributed by atoms with Gasteiger partial charge in [0, 0.05) is 21.5 Å². The number of halogens is 1. The minimum atomic E-state index is -1.16. The zero-order valence-electron chi connectivity index (χ0n) is 13.2. The lowest BCUT2D eigenvalue weighted by Gasteiger charge is -2.09. The average Bonchev–Trinajstić information content (AvgIpc) is 3.01. The van der Waals surface area contributed by atoms with Gasteiger partial charge in [-0.05, 0) is 35.9 Å². The lowest BCUT2D eigenvalue weighted by Crippen LogP contribution is -2.19. The molecule has 0 saturated heterocycles. The lowest BCUT2D eigenvalue weighted by molar-refractivity contribution is -0.112. The van der Waals surface area contributed by atoms with Crippen LogP contribution in [0, 0.1) is 10.8 Å². The number of carboxylic acids is 1. The Morgan fingerprint density at radius 1 is 1.08 bits per heavy atom. The highest BCUT2D eigenvalue weighted by atomic mass is 35.5. The van der Waals surface area contributed by atoms with E-state index in [1.807, 2.05) is 0 Å². The first-order valence-electron chi connectivity index (χ1n) is 7.36. The molecule has 0 aliphatic heterocycles. The maximum atomic E-state index is 12.4. The SMILES string of the molecule is N=C1C=CC(C(=O)Nc2scc(-c3ccc(Cl)cc3)c2C(=O)O)=CC1=N. The Kier molecular flexibility index (Phi) is 4.83. The van der Waals surface area contributed by atoms with Gasteiger partial charge in [0.15, 0.2) is 0 Å². The number of rotatable bonds is 4. The van der Waals surface area contributed by atoms with E-state index in [1.54, 1.807) is 29.6 Å². The molecule has 1 heterocycles. The fourth-order valence-corrected chi connectivity index (χ4v) is 3.45. The van der Waals surface area contributed by atoms with E-state index in [0.717, 1.165) is 11.3 Å². The molecule has 1 aromatic heterocycles. The van der Waals surface area contributed by atoms with Crippen LogP contribution >= 0.6 is 22.9 Å². The monoisotopic (exact) mass is 385 g/mol. The molecule has 26 heavy (non-hydrogen) atoms. The lowest BCUT2D eigenvalue weighted by atomic mass is 10.0. The second kappa shape index (κ2) is 7.07. The second-order valence-electron chi connectivity index (χ2n) is 5.38. The van der Waals surface area contributed by atoms with Crippen LogP contribution in [0.25, 0.3) is 11.1 Å². The van der Waals surface area contributed by atoms with Crippen LogP contribution in [-0.4, -0.2) is 28.4 Å². The van der Waals surface area contributed by atoms with E-state index in [2.05, 4.69) is 5.32 Å². The summed E-state index contributed by atoms with van der Waals surface area (Å²) in [7, 11) is 0. The van der Waals surface area contributed by atoms with Gasteiger partial charge < -0.3 is 10.4 Å². The van der Waals surface area contributed by atoms with Crippen LogP contribution in [0.1, 0.15) is 10.4 Å². The molecule has 1 aliphatic carbocycles. The smallest absolute Gasteiger partial charge is 0.339 e. The van der Waals surface area contributed by atoms with Crippen LogP contribution in [0.2, 0.25) is 5.02 Å². The molecule has 4 N–H and O–H groups in total. The molecule has 2 aromatic rings. The van der Waals surface area contributed by atoms with Gasteiger partial charge in [0.05, 0.1) is 11.4 Å². The van der Waals surface area contributed by atoms with Crippen LogP contribution in [0.4, 0.5) is 5.00 Å². The van der Waals surface area contributed by atoms with Crippen LogP contribution in [0.15, 0.2) is 53.4 Å². The Hall–Kier alpha value is -3.03. The van der Waals surface area contributed by atoms with Crippen molar-refractivity contribution in [1.82, 2.24) is 0 Å². The maximum Gasteiger partial charge on any atom is 0.339 e. The van der Waals surface area contributed by atoms with Crippen LogP contribution in [-0.2, 0) is 4.79 Å². The Bertz CT molecular complexity index is 1000. The molecule has 0 bridgehead atoms. The van der Waals surface area contributed by atoms with Gasteiger partial charge in [-0.3, -0.25) is 15.6 Å². The Balaban J connectivity index is 1.93. The largest absolute Gasteiger partial charge is 0.478 e. The third-order valence-electron chi connectivity index (χ3n) is 3.67. The molecule has 0 spiro atoms. The van der Waals surface area contributed by atoms with Crippen LogP contribution < -0.4 is 5.32 Å². The summed E-state index contributed by atoms with van der Waals surface area (Å²) in [5.41, 5.74) is 1.27. The summed E-state index contributed by atoms with van der Waals surface area (Å²) in [4.78, 5) is 24.1. The highest BCUT2D eigenvalue weighted by molar-refractivity contribution is 7.15. The van der Waals surface area contributed by atoms with Crippen LogP contribution in [0.5, 0.6) is 0 Å². The van der Waals surface area contributed by atoms with Crippen molar-refractivity contribution in [1.29, 1.82) is 10.8 Å². The van der Waals surface area contributed by atoms with E-state index in [9.17, 15) is 14.7 Å². The van der Waals surface area contributed by atoms with Gasteiger partial charge in [-0.2, -0.15) is 0 Å². The van der Waals surface area contributed by atoms with Crippen molar-refractivity contribution >= 4 is 51.2 Å². The van der Waals surface area contributed by atoms with E-state index in [0.29, 0.717) is 16.1 Å². The van der Waals surface area contributed by atoms with E-state index < -0.39 is 11.9 Å². The van der Waals surface area contributed by atoms with Crippen molar-refractivity contribution in [3.63, 3.8) is 0 Å². The van der Waals surface area contributed by atoms with Gasteiger partial charge in [0.2, 0.25) is 0 Å². The fourth-order valence-electron chi connectivity index (χ4n) is 2.36. The molecule has 1 aromatic carbocycles. The number of nitrogens with one attached hydrogen (secondary N) is 3. The summed E-state index contributed by atoms with van der Waals surface area (Å²) < 4.78 is 0. The highest BCUT2D eigenvalue weighted by Crippen LogP contribution is 2.36. The number of carboxylic acid groups (broad SMARTS) is 1. The number of hydrogen-bond donors (Lipinski definition) is 4. The first kappa shape index (κ1) is 17.8. The van der Waals surface area contributed by atoms with Gasteiger partial charge >= 0.3 is 5.97 Å². The van der Waals surface area contributed by atoms with Gasteiger partial charge in [-0.15, -0.1) is 11.3 Å². The van der Waals surface area contributed by atoms with Crippen molar-refractivity contribution < 1.29 is 14.7 Å². The number of thiophene rings is 1. The maximum absolute atomic E-state index is 12.4. The van der Waals surface area contributed by atoms with Crippen molar-refractivity contribution in [3.8, 4) is 11.1 Å². The third-order valence-corrected chi connectivity index (χ3v) is 4.82. The first-order chi connectivity index (χ1) is 12.4. The molecular weight excluding hydrogens is 374 g/mol. The number of hydrogen-bond acceptors (Lipinski definition) is 5. The molecular formula is C18H12ClN3O3S. The molecule has 6 nitrogen and oxygen atoms in total. The van der Waals surface area contributed by atoms with E-state index in [4.69, 9.17) is 22.4 Å². The summed E-state index contributed by atoms with van der Waals surface area (Å²) >= 11 is 6.97. The minimum absolute atomic E-state index is 0.00567. The predicted molar refractivity (Wildman–Crippen MR) is 103 cm³/mol. The van der Waals surface area contributed by atoms with E-state index >= 15 is 0 Å². The Morgan fingerprint density at radius 3 is 2.38 bits per heavy atom. The van der Waals surface area contributed by atoms with Crippen molar-refractivity contribution in [3.05, 3.63) is 64.0 Å². The topological polar surface area (TPSA) is 114 Å². The summed E-state index contributed by atoms with van der Waals surface area (Å²) in [6, 6.07) is 6.75. The molecule has 1 amide bonds. The molecule has 130 valence electrons. The van der Waals surface area contributed by atoms with Gasteiger partial charge in [0.1, 0.15) is 10.6 Å². The zero-order chi connectivity index (χ0) is 18.8. The molecule has 8 heteroatoms. The van der Waals surface area contributed by atoms with E-state index in [-0.39, 0.29) is 27.6 Å². The third kappa shape index (κ3) is 3.49. The minimum Gasteiger partial charge on any atom is -0.478 e. The summed E-state index contributed by atoms with van der Waals surface area (Å²) in [6.07, 6.45) is 4.04. The van der Waals surface area contributed by atoms with Crippen molar-refractivity contribution in [2.75, 3.05) is 5.32 Å². The Labute approximate surface area is 157 Å². The number of aromatic carboxylic acids is 1. The normalized spacial score (nSPS) is 13.5. The average molecular weight is 386 g/mol. The number of benzene rings is 1. The molecule has 0 radical (unpaired) electrons. The molecule has 0 saturated carbocycles. The predicted octanol–water partition coefficient (Wildman–Crippen LogP) is 4.24. The van der Waals surface area contributed by atoms with Crippen LogP contribution in [0.3, 0.4) is 0 Å². The highest BCUT2D eigenvalue weighted by Gasteiger charge is 2.22. The first-order valence-corrected chi connectivity index (χ1v) is 8.62. The Morgan fingerprint density at radius 2 is 1.77 bits per heavy atom. The molecule has 0 fully saturated rings. The summed E-state index contributed by atoms with van der Waals surface area (Å²) in [5.74, 6) is -1.69. The zero-order valence-corrected chi connectivity index (χ0v) is 14.7. The van der Waals surface area contributed by atoms with Gasteiger partial charge in [0.25, 0.3) is 5.91 Å². The summed E-state index contributed by atoms with van der Waals surface area (Å²) in [6.45, 7) is 0. The number of carbonyl (C=O) groups excluding carboxylic acids is 1. The number of anilines is 1.